The topological polar surface area (TPSA) is 45.6 Å². The molecule has 1 aliphatic heterocycles. The summed E-state index contributed by atoms with van der Waals surface area (Å²) >= 11 is 0. The summed E-state index contributed by atoms with van der Waals surface area (Å²) in [5, 5.41) is 5.63. The number of nitrogens with zero attached hydrogens (tertiary/aromatic N) is 1. The Morgan fingerprint density at radius 3 is 2.73 bits per heavy atom. The lowest BCUT2D eigenvalue weighted by molar-refractivity contribution is -0.323. The van der Waals surface area contributed by atoms with E-state index in [1.54, 1.807) is 0 Å². The molecule has 0 aromatic heterocycles. The summed E-state index contributed by atoms with van der Waals surface area (Å²) in [6.45, 7) is 1.18. The van der Waals surface area contributed by atoms with Gasteiger partial charge in [0.2, 0.25) is 0 Å². The number of halogens is 4. The number of guanidine groups is 1. The van der Waals surface area contributed by atoms with Gasteiger partial charge in [-0.05, 0) is 6.42 Å². The largest absolute Gasteiger partial charge is 0.522 e. The van der Waals surface area contributed by atoms with E-state index < -0.39 is 13.0 Å². The summed E-state index contributed by atoms with van der Waals surface area (Å²) < 4.78 is 38.2. The number of hydrogen-bond donors (Lipinski definition) is 2. The van der Waals surface area contributed by atoms with E-state index in [-0.39, 0.29) is 30.5 Å². The lowest BCUT2D eigenvalue weighted by Gasteiger charge is -2.16. The first-order valence-corrected chi connectivity index (χ1v) is 4.31. The van der Waals surface area contributed by atoms with Gasteiger partial charge in [0.25, 0.3) is 0 Å². The third kappa shape index (κ3) is 7.65. The molecule has 0 radical (unpaired) electrons. The van der Waals surface area contributed by atoms with Crippen LogP contribution in [0.2, 0.25) is 0 Å². The van der Waals surface area contributed by atoms with Gasteiger partial charge in [-0.2, -0.15) is 0 Å². The lowest BCUT2D eigenvalue weighted by atomic mass is 10.4. The summed E-state index contributed by atoms with van der Waals surface area (Å²) in [7, 11) is 0. The van der Waals surface area contributed by atoms with Crippen molar-refractivity contribution < 1.29 is 17.9 Å². The van der Waals surface area contributed by atoms with Gasteiger partial charge in [0, 0.05) is 19.6 Å². The molecule has 1 heterocycles. The minimum atomic E-state index is -4.55. The minimum Gasteiger partial charge on any atom is -0.356 e. The molecule has 1 aliphatic rings. The molecule has 2 N–H and O–H groups in total. The quantitative estimate of drug-likeness (QED) is 0.598. The molecular formula is C7H13F3IN3O. The Morgan fingerprint density at radius 1 is 1.47 bits per heavy atom. The van der Waals surface area contributed by atoms with Crippen molar-refractivity contribution in [3.8, 4) is 0 Å². The molecule has 1 rings (SSSR count). The highest BCUT2D eigenvalue weighted by Gasteiger charge is 2.28. The first kappa shape index (κ1) is 14.8. The fourth-order valence-corrected chi connectivity index (χ4v) is 0.987. The van der Waals surface area contributed by atoms with Crippen LogP contribution in [0.4, 0.5) is 13.2 Å². The van der Waals surface area contributed by atoms with Crippen LogP contribution in [0, 0.1) is 0 Å². The van der Waals surface area contributed by atoms with Crippen LogP contribution in [-0.4, -0.2) is 38.6 Å². The first-order chi connectivity index (χ1) is 6.58. The van der Waals surface area contributed by atoms with Crippen molar-refractivity contribution in [1.82, 2.24) is 10.6 Å². The molecule has 4 nitrogen and oxygen atoms in total. The van der Waals surface area contributed by atoms with Crippen molar-refractivity contribution in [2.24, 2.45) is 4.99 Å². The second-order valence-corrected chi connectivity index (χ2v) is 2.73. The van der Waals surface area contributed by atoms with E-state index in [1.165, 1.54) is 0 Å². The van der Waals surface area contributed by atoms with Crippen LogP contribution in [0.25, 0.3) is 0 Å². The highest BCUT2D eigenvalue weighted by atomic mass is 127. The molecule has 0 bridgehead atoms. The zero-order valence-corrected chi connectivity index (χ0v) is 10.3. The monoisotopic (exact) mass is 339 g/mol. The Kier molecular flexibility index (Phi) is 6.98. The average molecular weight is 339 g/mol. The molecule has 0 aliphatic carbocycles. The van der Waals surface area contributed by atoms with Gasteiger partial charge in [0.1, 0.15) is 0 Å². The van der Waals surface area contributed by atoms with Crippen molar-refractivity contribution in [3.05, 3.63) is 0 Å². The molecule has 8 heteroatoms. The summed E-state index contributed by atoms with van der Waals surface area (Å²) in [6.07, 6.45) is -3.60. The minimum absolute atomic E-state index is 0. The summed E-state index contributed by atoms with van der Waals surface area (Å²) in [5.41, 5.74) is 0. The summed E-state index contributed by atoms with van der Waals surface area (Å²) in [4.78, 5) is 4.02. The van der Waals surface area contributed by atoms with Crippen molar-refractivity contribution >= 4 is 29.9 Å². The van der Waals surface area contributed by atoms with Gasteiger partial charge in [-0.15, -0.1) is 37.1 Å². The summed E-state index contributed by atoms with van der Waals surface area (Å²) in [5.74, 6) is 0.544. The molecule has 15 heavy (non-hydrogen) atoms. The van der Waals surface area contributed by atoms with Crippen molar-refractivity contribution in [3.63, 3.8) is 0 Å². The Morgan fingerprint density at radius 2 is 2.20 bits per heavy atom. The van der Waals surface area contributed by atoms with Crippen LogP contribution in [0.3, 0.4) is 0 Å². The zero-order valence-electron chi connectivity index (χ0n) is 7.93. The number of aliphatic imine (C=N–C) groups is 1. The molecule has 0 aromatic carbocycles. The standard InChI is InChI=1S/C7H12F3N3O.HI/c8-7(9,10)14-5-4-13-6-11-2-1-3-12-6;/h1-5H2,(H2,11,12,13);1H. The molecule has 0 amide bonds. The van der Waals surface area contributed by atoms with E-state index >= 15 is 0 Å². The maximum atomic E-state index is 11.5. The Hall–Kier alpha value is -0.250. The first-order valence-electron chi connectivity index (χ1n) is 4.31. The fraction of sp³-hybridized carbons (Fsp3) is 0.857. The second kappa shape index (κ2) is 7.09. The maximum absolute atomic E-state index is 11.5. The van der Waals surface area contributed by atoms with Crippen molar-refractivity contribution in [2.45, 2.75) is 12.8 Å². The molecule has 0 fully saturated rings. The SMILES string of the molecule is FC(F)(F)OCCNC1=NCCCN1.I. The number of rotatable bonds is 3. The Labute approximate surface area is 103 Å². The van der Waals surface area contributed by atoms with Crippen LogP contribution in [0.1, 0.15) is 6.42 Å². The van der Waals surface area contributed by atoms with Crippen LogP contribution in [-0.2, 0) is 4.74 Å². The third-order valence-electron chi connectivity index (χ3n) is 1.56. The van der Waals surface area contributed by atoms with E-state index in [9.17, 15) is 13.2 Å². The smallest absolute Gasteiger partial charge is 0.356 e. The average Bonchev–Trinajstić information content (AvgIpc) is 2.13. The Bertz CT molecular complexity index is 210. The van der Waals surface area contributed by atoms with Gasteiger partial charge in [-0.3, -0.25) is 9.73 Å². The predicted octanol–water partition coefficient (Wildman–Crippen LogP) is 1.08. The highest BCUT2D eigenvalue weighted by Crippen LogP contribution is 2.14. The Balaban J connectivity index is 0.00000196. The number of hydrogen-bond acceptors (Lipinski definition) is 4. The number of alkyl halides is 3. The van der Waals surface area contributed by atoms with Crippen LogP contribution in [0.15, 0.2) is 4.99 Å². The van der Waals surface area contributed by atoms with Gasteiger partial charge in [-0.1, -0.05) is 0 Å². The molecule has 0 atom stereocenters. The normalized spacial score (nSPS) is 16.1. The van der Waals surface area contributed by atoms with E-state index in [1.807, 2.05) is 0 Å². The number of ether oxygens (including phenoxy) is 1. The van der Waals surface area contributed by atoms with Gasteiger partial charge in [-0.25, -0.2) is 0 Å². The van der Waals surface area contributed by atoms with E-state index in [0.29, 0.717) is 12.5 Å². The van der Waals surface area contributed by atoms with Gasteiger partial charge < -0.3 is 10.6 Å². The molecule has 0 unspecified atom stereocenters. The summed E-state index contributed by atoms with van der Waals surface area (Å²) in [6, 6.07) is 0. The number of nitrogens with one attached hydrogen (secondary N) is 2. The van der Waals surface area contributed by atoms with Gasteiger partial charge >= 0.3 is 6.36 Å². The molecule has 0 saturated carbocycles. The lowest BCUT2D eigenvalue weighted by Crippen LogP contribution is -2.42. The molecular weight excluding hydrogens is 326 g/mol. The van der Waals surface area contributed by atoms with Gasteiger partial charge in [0.05, 0.1) is 6.61 Å². The van der Waals surface area contributed by atoms with E-state index in [4.69, 9.17) is 0 Å². The van der Waals surface area contributed by atoms with E-state index in [0.717, 1.165) is 13.0 Å². The zero-order chi connectivity index (χ0) is 10.4. The molecule has 90 valence electrons. The van der Waals surface area contributed by atoms with Crippen LogP contribution in [0.5, 0.6) is 0 Å². The van der Waals surface area contributed by atoms with Gasteiger partial charge in [0.15, 0.2) is 5.96 Å². The predicted molar refractivity (Wildman–Crippen MR) is 60.3 cm³/mol. The maximum Gasteiger partial charge on any atom is 0.522 e. The van der Waals surface area contributed by atoms with E-state index in [2.05, 4.69) is 20.4 Å². The third-order valence-corrected chi connectivity index (χ3v) is 1.56. The molecule has 0 aromatic rings. The van der Waals surface area contributed by atoms with Crippen LogP contribution < -0.4 is 10.6 Å². The highest BCUT2D eigenvalue weighted by molar-refractivity contribution is 14.0. The van der Waals surface area contributed by atoms with Crippen molar-refractivity contribution in [2.75, 3.05) is 26.2 Å². The fourth-order valence-electron chi connectivity index (χ4n) is 0.987. The van der Waals surface area contributed by atoms with Crippen molar-refractivity contribution in [1.29, 1.82) is 0 Å². The van der Waals surface area contributed by atoms with Crippen LogP contribution >= 0.6 is 24.0 Å². The molecule has 0 saturated heterocycles. The molecule has 0 spiro atoms. The second-order valence-electron chi connectivity index (χ2n) is 2.73.